The van der Waals surface area contributed by atoms with Crippen LogP contribution < -0.4 is 5.73 Å². The lowest BCUT2D eigenvalue weighted by Gasteiger charge is -2.34. The molecule has 86 valence electrons. The van der Waals surface area contributed by atoms with Crippen LogP contribution in [0.5, 0.6) is 0 Å². The average molecular weight is 212 g/mol. The number of hydrogen-bond donors (Lipinski definition) is 1. The molecular formula is C11H20N2O2. The second-order valence-corrected chi connectivity index (χ2v) is 4.70. The van der Waals surface area contributed by atoms with E-state index < -0.39 is 0 Å². The molecule has 0 aromatic carbocycles. The summed E-state index contributed by atoms with van der Waals surface area (Å²) < 4.78 is 5.33. The molecule has 1 amide bonds. The number of carbonyl (C=O) groups is 1. The van der Waals surface area contributed by atoms with E-state index in [0.29, 0.717) is 18.4 Å². The van der Waals surface area contributed by atoms with E-state index in [0.717, 1.165) is 32.6 Å². The van der Waals surface area contributed by atoms with Gasteiger partial charge < -0.3 is 15.4 Å². The van der Waals surface area contributed by atoms with Gasteiger partial charge in [-0.15, -0.1) is 0 Å². The molecule has 4 heteroatoms. The van der Waals surface area contributed by atoms with Crippen LogP contribution in [0.3, 0.4) is 0 Å². The van der Waals surface area contributed by atoms with Crippen molar-refractivity contribution in [2.45, 2.75) is 38.3 Å². The second kappa shape index (κ2) is 4.49. The highest BCUT2D eigenvalue weighted by Gasteiger charge is 2.34. The number of nitrogens with zero attached hydrogens (tertiary/aromatic N) is 1. The van der Waals surface area contributed by atoms with Gasteiger partial charge in [-0.1, -0.05) is 0 Å². The van der Waals surface area contributed by atoms with E-state index in [2.05, 4.69) is 6.92 Å². The summed E-state index contributed by atoms with van der Waals surface area (Å²) in [5, 5.41) is 0. The molecule has 2 fully saturated rings. The summed E-state index contributed by atoms with van der Waals surface area (Å²) in [4.78, 5) is 13.6. The van der Waals surface area contributed by atoms with Gasteiger partial charge in [0.25, 0.3) is 0 Å². The maximum atomic E-state index is 11.7. The largest absolute Gasteiger partial charge is 0.381 e. The normalized spacial score (nSPS) is 30.9. The molecule has 2 unspecified atom stereocenters. The van der Waals surface area contributed by atoms with Crippen LogP contribution in [-0.4, -0.2) is 42.6 Å². The standard InChI is InChI=1S/C11H20N2O2/c1-8(9-2-4-15-5-3-9)13-7-10(12)6-11(13)14/h8-10H,2-7,12H2,1H3. The molecule has 2 heterocycles. The fourth-order valence-corrected chi connectivity index (χ4v) is 2.61. The Balaban J connectivity index is 1.94. The first-order valence-corrected chi connectivity index (χ1v) is 5.81. The smallest absolute Gasteiger partial charge is 0.224 e. The van der Waals surface area contributed by atoms with Crippen LogP contribution in [0, 0.1) is 5.92 Å². The molecule has 0 aromatic rings. The minimum atomic E-state index is 0.0415. The first kappa shape index (κ1) is 10.9. The van der Waals surface area contributed by atoms with Crippen LogP contribution in [-0.2, 0) is 9.53 Å². The Morgan fingerprint density at radius 3 is 2.67 bits per heavy atom. The molecule has 4 nitrogen and oxygen atoms in total. The lowest BCUT2D eigenvalue weighted by atomic mass is 9.92. The molecule has 2 atom stereocenters. The summed E-state index contributed by atoms with van der Waals surface area (Å²) in [6, 6.07) is 0.370. The zero-order valence-electron chi connectivity index (χ0n) is 9.32. The third-order valence-electron chi connectivity index (χ3n) is 3.63. The topological polar surface area (TPSA) is 55.6 Å². The van der Waals surface area contributed by atoms with Gasteiger partial charge in [0.05, 0.1) is 0 Å². The molecule has 0 saturated carbocycles. The predicted molar refractivity (Wildman–Crippen MR) is 57.3 cm³/mol. The fraction of sp³-hybridized carbons (Fsp3) is 0.909. The number of amides is 1. The monoisotopic (exact) mass is 212 g/mol. The van der Waals surface area contributed by atoms with Gasteiger partial charge >= 0.3 is 0 Å². The zero-order valence-corrected chi connectivity index (χ0v) is 9.32. The van der Waals surface area contributed by atoms with E-state index >= 15 is 0 Å². The summed E-state index contributed by atoms with van der Waals surface area (Å²) in [6.07, 6.45) is 2.66. The minimum Gasteiger partial charge on any atom is -0.381 e. The summed E-state index contributed by atoms with van der Waals surface area (Å²) in [6.45, 7) is 4.55. The Morgan fingerprint density at radius 1 is 1.47 bits per heavy atom. The maximum Gasteiger partial charge on any atom is 0.224 e. The van der Waals surface area contributed by atoms with Crippen molar-refractivity contribution in [1.82, 2.24) is 4.90 Å². The van der Waals surface area contributed by atoms with Crippen molar-refractivity contribution < 1.29 is 9.53 Å². The van der Waals surface area contributed by atoms with Crippen molar-refractivity contribution in [3.63, 3.8) is 0 Å². The van der Waals surface area contributed by atoms with Gasteiger partial charge in [0, 0.05) is 38.3 Å². The van der Waals surface area contributed by atoms with Crippen LogP contribution in [0.1, 0.15) is 26.2 Å². The Labute approximate surface area is 90.8 Å². The van der Waals surface area contributed by atoms with Crippen LogP contribution in [0.25, 0.3) is 0 Å². The highest BCUT2D eigenvalue weighted by molar-refractivity contribution is 5.79. The van der Waals surface area contributed by atoms with Gasteiger partial charge in [0.2, 0.25) is 5.91 Å². The van der Waals surface area contributed by atoms with Crippen LogP contribution in [0.4, 0.5) is 0 Å². The lowest BCUT2D eigenvalue weighted by molar-refractivity contribution is -0.131. The molecule has 0 bridgehead atoms. The van der Waals surface area contributed by atoms with Crippen LogP contribution >= 0.6 is 0 Å². The summed E-state index contributed by atoms with van der Waals surface area (Å²) in [5.74, 6) is 0.814. The van der Waals surface area contributed by atoms with Crippen LogP contribution in [0.2, 0.25) is 0 Å². The summed E-state index contributed by atoms with van der Waals surface area (Å²) >= 11 is 0. The van der Waals surface area contributed by atoms with E-state index in [1.54, 1.807) is 0 Å². The third kappa shape index (κ3) is 2.32. The molecule has 2 aliphatic rings. The van der Waals surface area contributed by atoms with E-state index in [4.69, 9.17) is 10.5 Å². The van der Waals surface area contributed by atoms with E-state index in [1.165, 1.54) is 0 Å². The van der Waals surface area contributed by atoms with Crippen molar-refractivity contribution in [3.05, 3.63) is 0 Å². The number of nitrogens with two attached hydrogens (primary N) is 1. The Bertz CT molecular complexity index is 239. The highest BCUT2D eigenvalue weighted by atomic mass is 16.5. The molecule has 0 aliphatic carbocycles. The van der Waals surface area contributed by atoms with Gasteiger partial charge in [-0.25, -0.2) is 0 Å². The average Bonchev–Trinajstić information content (AvgIpc) is 2.58. The van der Waals surface area contributed by atoms with Gasteiger partial charge in [-0.05, 0) is 25.7 Å². The number of carbonyl (C=O) groups excluding carboxylic acids is 1. The van der Waals surface area contributed by atoms with E-state index in [9.17, 15) is 4.79 Å². The van der Waals surface area contributed by atoms with Gasteiger partial charge in [0.1, 0.15) is 0 Å². The second-order valence-electron chi connectivity index (χ2n) is 4.70. The van der Waals surface area contributed by atoms with Gasteiger partial charge in [-0.3, -0.25) is 4.79 Å². The number of likely N-dealkylation sites (tertiary alicyclic amines) is 1. The Kier molecular flexibility index (Phi) is 3.26. The quantitative estimate of drug-likeness (QED) is 0.719. The van der Waals surface area contributed by atoms with E-state index in [-0.39, 0.29) is 11.9 Å². The predicted octanol–water partition coefficient (Wildman–Crippen LogP) is 0.361. The van der Waals surface area contributed by atoms with Crippen molar-refractivity contribution >= 4 is 5.91 Å². The van der Waals surface area contributed by atoms with Crippen molar-refractivity contribution in [1.29, 1.82) is 0 Å². The van der Waals surface area contributed by atoms with Gasteiger partial charge in [-0.2, -0.15) is 0 Å². The summed E-state index contributed by atoms with van der Waals surface area (Å²) in [7, 11) is 0. The Hall–Kier alpha value is -0.610. The molecule has 2 saturated heterocycles. The van der Waals surface area contributed by atoms with E-state index in [1.807, 2.05) is 4.90 Å². The van der Waals surface area contributed by atoms with Gasteiger partial charge in [0.15, 0.2) is 0 Å². The first-order chi connectivity index (χ1) is 7.18. The highest BCUT2D eigenvalue weighted by Crippen LogP contribution is 2.25. The lowest BCUT2D eigenvalue weighted by Crippen LogP contribution is -2.42. The van der Waals surface area contributed by atoms with Crippen molar-refractivity contribution in [2.75, 3.05) is 19.8 Å². The first-order valence-electron chi connectivity index (χ1n) is 5.81. The van der Waals surface area contributed by atoms with Crippen LogP contribution in [0.15, 0.2) is 0 Å². The molecular weight excluding hydrogens is 192 g/mol. The molecule has 15 heavy (non-hydrogen) atoms. The molecule has 0 radical (unpaired) electrons. The Morgan fingerprint density at radius 2 is 2.13 bits per heavy atom. The van der Waals surface area contributed by atoms with Crippen molar-refractivity contribution in [3.8, 4) is 0 Å². The van der Waals surface area contributed by atoms with Crippen molar-refractivity contribution in [2.24, 2.45) is 11.7 Å². The number of hydrogen-bond acceptors (Lipinski definition) is 3. The zero-order chi connectivity index (χ0) is 10.8. The molecule has 0 spiro atoms. The number of rotatable bonds is 2. The molecule has 2 aliphatic heterocycles. The minimum absolute atomic E-state index is 0.0415. The SMILES string of the molecule is CC(C1CCOCC1)N1CC(N)CC1=O. The number of ether oxygens (including phenoxy) is 1. The maximum absolute atomic E-state index is 11.7. The molecule has 0 aromatic heterocycles. The molecule has 2 rings (SSSR count). The summed E-state index contributed by atoms with van der Waals surface area (Å²) in [5.41, 5.74) is 5.80. The molecule has 2 N–H and O–H groups in total. The third-order valence-corrected chi connectivity index (χ3v) is 3.63. The fourth-order valence-electron chi connectivity index (χ4n) is 2.61.